The Morgan fingerprint density at radius 1 is 1.50 bits per heavy atom. The second-order valence-electron chi connectivity index (χ2n) is 4.69. The van der Waals surface area contributed by atoms with Gasteiger partial charge in [-0.2, -0.15) is 0 Å². The topological polar surface area (TPSA) is 55.6 Å². The zero-order valence-electron chi connectivity index (χ0n) is 10.7. The third kappa shape index (κ3) is 2.89. The quantitative estimate of drug-likeness (QED) is 0.874. The molecule has 18 heavy (non-hydrogen) atoms. The zero-order chi connectivity index (χ0) is 13.0. The molecule has 0 radical (unpaired) electrons. The fourth-order valence-corrected chi connectivity index (χ4v) is 2.13. The number of hydrogen-bond donors (Lipinski definition) is 1. The van der Waals surface area contributed by atoms with Gasteiger partial charge in [0.05, 0.1) is 13.2 Å². The maximum absolute atomic E-state index is 12.1. The molecule has 2 atom stereocenters. The highest BCUT2D eigenvalue weighted by atomic mass is 16.5. The van der Waals surface area contributed by atoms with Crippen molar-refractivity contribution >= 4 is 5.91 Å². The minimum atomic E-state index is -0.112. The summed E-state index contributed by atoms with van der Waals surface area (Å²) in [6, 6.07) is 10.0. The highest BCUT2D eigenvalue weighted by Crippen LogP contribution is 2.22. The highest BCUT2D eigenvalue weighted by molar-refractivity contribution is 5.78. The Balaban J connectivity index is 2.03. The van der Waals surface area contributed by atoms with Gasteiger partial charge in [-0.25, -0.2) is 0 Å². The summed E-state index contributed by atoms with van der Waals surface area (Å²) in [5.74, 6) is 0.0151. The number of morpholine rings is 1. The summed E-state index contributed by atoms with van der Waals surface area (Å²) in [4.78, 5) is 14.0. The first-order valence-electron chi connectivity index (χ1n) is 6.37. The van der Waals surface area contributed by atoms with Crippen molar-refractivity contribution in [2.45, 2.75) is 13.0 Å². The number of amides is 1. The third-order valence-electron chi connectivity index (χ3n) is 3.32. The summed E-state index contributed by atoms with van der Waals surface area (Å²) in [6.07, 6.45) is -0.0196. The van der Waals surface area contributed by atoms with Gasteiger partial charge in [-0.1, -0.05) is 37.3 Å². The van der Waals surface area contributed by atoms with Gasteiger partial charge < -0.3 is 15.4 Å². The van der Waals surface area contributed by atoms with Gasteiger partial charge in [0.1, 0.15) is 6.10 Å². The SMILES string of the molecule is CC(CN)C(=O)N1CCOC(c2ccccc2)C1. The summed E-state index contributed by atoms with van der Waals surface area (Å²) in [6.45, 7) is 4.13. The molecule has 4 nitrogen and oxygen atoms in total. The molecule has 1 aromatic carbocycles. The molecule has 0 aromatic heterocycles. The van der Waals surface area contributed by atoms with Crippen LogP contribution in [0.1, 0.15) is 18.6 Å². The molecule has 0 saturated carbocycles. The largest absolute Gasteiger partial charge is 0.370 e. The molecule has 1 aromatic rings. The van der Waals surface area contributed by atoms with E-state index in [4.69, 9.17) is 10.5 Å². The lowest BCUT2D eigenvalue weighted by molar-refractivity contribution is -0.142. The molecule has 2 unspecified atom stereocenters. The number of hydrogen-bond acceptors (Lipinski definition) is 3. The van der Waals surface area contributed by atoms with Crippen LogP contribution in [0.25, 0.3) is 0 Å². The van der Waals surface area contributed by atoms with Crippen LogP contribution in [0.5, 0.6) is 0 Å². The van der Waals surface area contributed by atoms with E-state index in [-0.39, 0.29) is 17.9 Å². The third-order valence-corrected chi connectivity index (χ3v) is 3.32. The molecule has 1 fully saturated rings. The molecule has 0 aliphatic carbocycles. The van der Waals surface area contributed by atoms with Crippen molar-refractivity contribution in [1.29, 1.82) is 0 Å². The molecule has 2 N–H and O–H groups in total. The van der Waals surface area contributed by atoms with E-state index in [9.17, 15) is 4.79 Å². The average molecular weight is 248 g/mol. The van der Waals surface area contributed by atoms with Gasteiger partial charge in [-0.3, -0.25) is 4.79 Å². The predicted octanol–water partition coefficient (Wildman–Crippen LogP) is 1.18. The van der Waals surface area contributed by atoms with E-state index in [0.717, 1.165) is 5.56 Å². The molecular weight excluding hydrogens is 228 g/mol. The Bertz CT molecular complexity index is 394. The Labute approximate surface area is 108 Å². The molecule has 0 bridgehead atoms. The van der Waals surface area contributed by atoms with Gasteiger partial charge in [0.2, 0.25) is 5.91 Å². The van der Waals surface area contributed by atoms with Crippen molar-refractivity contribution < 1.29 is 9.53 Å². The van der Waals surface area contributed by atoms with Crippen molar-refractivity contribution in [2.24, 2.45) is 11.7 Å². The normalized spacial score (nSPS) is 21.7. The van der Waals surface area contributed by atoms with Crippen LogP contribution in [0, 0.1) is 5.92 Å². The van der Waals surface area contributed by atoms with Gasteiger partial charge in [0.25, 0.3) is 0 Å². The van der Waals surface area contributed by atoms with E-state index in [2.05, 4.69) is 0 Å². The smallest absolute Gasteiger partial charge is 0.226 e. The minimum absolute atomic E-state index is 0.0196. The number of carbonyl (C=O) groups is 1. The van der Waals surface area contributed by atoms with E-state index in [1.165, 1.54) is 0 Å². The molecule has 1 aliphatic heterocycles. The van der Waals surface area contributed by atoms with Crippen LogP contribution >= 0.6 is 0 Å². The highest BCUT2D eigenvalue weighted by Gasteiger charge is 2.27. The van der Waals surface area contributed by atoms with Crippen LogP contribution in [0.15, 0.2) is 30.3 Å². The number of benzene rings is 1. The van der Waals surface area contributed by atoms with Crippen LogP contribution in [0.4, 0.5) is 0 Å². The molecule has 1 heterocycles. The standard InChI is InChI=1S/C14H20N2O2/c1-11(9-15)14(17)16-7-8-18-13(10-16)12-5-3-2-4-6-12/h2-6,11,13H,7-10,15H2,1H3. The monoisotopic (exact) mass is 248 g/mol. The first-order valence-corrected chi connectivity index (χ1v) is 6.37. The second kappa shape index (κ2) is 5.98. The average Bonchev–Trinajstić information content (AvgIpc) is 2.46. The van der Waals surface area contributed by atoms with Crippen molar-refractivity contribution in [2.75, 3.05) is 26.2 Å². The summed E-state index contributed by atoms with van der Waals surface area (Å²) >= 11 is 0. The van der Waals surface area contributed by atoms with Crippen LogP contribution in [-0.2, 0) is 9.53 Å². The van der Waals surface area contributed by atoms with Crippen molar-refractivity contribution in [3.63, 3.8) is 0 Å². The Morgan fingerprint density at radius 3 is 2.89 bits per heavy atom. The van der Waals surface area contributed by atoms with Gasteiger partial charge in [0, 0.05) is 19.0 Å². The van der Waals surface area contributed by atoms with Crippen LogP contribution in [0.2, 0.25) is 0 Å². The summed E-state index contributed by atoms with van der Waals surface area (Å²) < 4.78 is 5.73. The van der Waals surface area contributed by atoms with Crippen LogP contribution in [0.3, 0.4) is 0 Å². The molecule has 2 rings (SSSR count). The van der Waals surface area contributed by atoms with Gasteiger partial charge in [0.15, 0.2) is 0 Å². The van der Waals surface area contributed by atoms with Gasteiger partial charge >= 0.3 is 0 Å². The maximum Gasteiger partial charge on any atom is 0.226 e. The van der Waals surface area contributed by atoms with Crippen molar-refractivity contribution in [1.82, 2.24) is 4.90 Å². The minimum Gasteiger partial charge on any atom is -0.370 e. The number of rotatable bonds is 3. The summed E-state index contributed by atoms with van der Waals surface area (Å²) in [5, 5.41) is 0. The van der Waals surface area contributed by atoms with Crippen molar-refractivity contribution in [3.8, 4) is 0 Å². The summed E-state index contributed by atoms with van der Waals surface area (Å²) in [5.41, 5.74) is 6.67. The first-order chi connectivity index (χ1) is 8.72. The first kappa shape index (κ1) is 13.1. The molecule has 1 aliphatic rings. The second-order valence-corrected chi connectivity index (χ2v) is 4.69. The Hall–Kier alpha value is -1.39. The van der Waals surface area contributed by atoms with E-state index >= 15 is 0 Å². The molecule has 4 heteroatoms. The molecule has 1 saturated heterocycles. The van der Waals surface area contributed by atoms with Crippen LogP contribution in [-0.4, -0.2) is 37.0 Å². The molecule has 98 valence electrons. The Morgan fingerprint density at radius 2 is 2.22 bits per heavy atom. The zero-order valence-corrected chi connectivity index (χ0v) is 10.7. The lowest BCUT2D eigenvalue weighted by atomic mass is 10.1. The lowest BCUT2D eigenvalue weighted by Gasteiger charge is -2.34. The van der Waals surface area contributed by atoms with Crippen LogP contribution < -0.4 is 5.73 Å². The predicted molar refractivity (Wildman–Crippen MR) is 69.9 cm³/mol. The number of nitrogens with two attached hydrogens (primary N) is 1. The van der Waals surface area contributed by atoms with Gasteiger partial charge in [-0.15, -0.1) is 0 Å². The van der Waals surface area contributed by atoms with Crippen molar-refractivity contribution in [3.05, 3.63) is 35.9 Å². The fraction of sp³-hybridized carbons (Fsp3) is 0.500. The maximum atomic E-state index is 12.1. The summed E-state index contributed by atoms with van der Waals surface area (Å²) in [7, 11) is 0. The number of nitrogens with zero attached hydrogens (tertiary/aromatic N) is 1. The van der Waals surface area contributed by atoms with E-state index < -0.39 is 0 Å². The molecule has 0 spiro atoms. The van der Waals surface area contributed by atoms with E-state index in [0.29, 0.717) is 26.2 Å². The van der Waals surface area contributed by atoms with E-state index in [1.54, 1.807) is 0 Å². The molecule has 1 amide bonds. The Kier molecular flexibility index (Phi) is 4.33. The van der Waals surface area contributed by atoms with Gasteiger partial charge in [-0.05, 0) is 5.56 Å². The fourth-order valence-electron chi connectivity index (χ4n) is 2.13. The lowest BCUT2D eigenvalue weighted by Crippen LogP contribution is -2.45. The molecular formula is C14H20N2O2. The number of ether oxygens (including phenoxy) is 1. The van der Waals surface area contributed by atoms with E-state index in [1.807, 2.05) is 42.2 Å². The number of carbonyl (C=O) groups excluding carboxylic acids is 1.